The zero-order chi connectivity index (χ0) is 12.0. The highest BCUT2D eigenvalue weighted by Crippen LogP contribution is 2.24. The summed E-state index contributed by atoms with van der Waals surface area (Å²) in [6.07, 6.45) is 6.35. The molecule has 0 aliphatic heterocycles. The first-order valence-corrected chi connectivity index (χ1v) is 6.49. The first-order chi connectivity index (χ1) is 7.65. The molecule has 0 heterocycles. The van der Waals surface area contributed by atoms with Crippen LogP contribution in [0.25, 0.3) is 0 Å². The Labute approximate surface area is 99.8 Å². The summed E-state index contributed by atoms with van der Waals surface area (Å²) in [6, 6.07) is 3.13. The second-order valence-corrected chi connectivity index (χ2v) is 5.01. The average molecular weight is 223 g/mol. The Morgan fingerprint density at radius 3 is 2.50 bits per heavy atom. The molecule has 0 aromatic heterocycles. The van der Waals surface area contributed by atoms with Gasteiger partial charge in [-0.15, -0.1) is 0 Å². The lowest BCUT2D eigenvalue weighted by Crippen LogP contribution is -2.43. The molecular formula is C13H25N3. The van der Waals surface area contributed by atoms with Crippen molar-refractivity contribution in [3.05, 3.63) is 0 Å². The summed E-state index contributed by atoms with van der Waals surface area (Å²) in [4.78, 5) is 2.54. The summed E-state index contributed by atoms with van der Waals surface area (Å²) in [6.45, 7) is 6.35. The van der Waals surface area contributed by atoms with Crippen molar-refractivity contribution in [3.8, 4) is 6.07 Å². The van der Waals surface area contributed by atoms with Gasteiger partial charge in [-0.1, -0.05) is 19.8 Å². The molecule has 92 valence electrons. The largest absolute Gasteiger partial charge is 0.303 e. The first kappa shape index (κ1) is 13.5. The van der Waals surface area contributed by atoms with Crippen LogP contribution in [0.15, 0.2) is 0 Å². The third-order valence-corrected chi connectivity index (χ3v) is 3.94. The Balaban J connectivity index is 2.42. The summed E-state index contributed by atoms with van der Waals surface area (Å²) in [5.74, 6) is 0. The van der Waals surface area contributed by atoms with Gasteiger partial charge in [-0.2, -0.15) is 5.26 Å². The standard InChI is InChI=1S/C13H25N3/c1-4-16(12-7-5-6-8-12)10-9-13(2,11-14)15-3/h12,15H,4-10H2,1-3H3. The Bertz CT molecular complexity index is 240. The van der Waals surface area contributed by atoms with Crippen LogP contribution in [0.4, 0.5) is 0 Å². The van der Waals surface area contributed by atoms with Crippen LogP contribution in [0.5, 0.6) is 0 Å². The third kappa shape index (κ3) is 3.47. The van der Waals surface area contributed by atoms with Crippen LogP contribution in [-0.4, -0.2) is 36.6 Å². The zero-order valence-electron chi connectivity index (χ0n) is 10.9. The van der Waals surface area contributed by atoms with E-state index in [4.69, 9.17) is 5.26 Å². The molecular weight excluding hydrogens is 198 g/mol. The normalized spacial score (nSPS) is 20.9. The Morgan fingerprint density at radius 1 is 1.44 bits per heavy atom. The maximum atomic E-state index is 9.11. The Kier molecular flexibility index (Phi) is 5.24. The molecule has 0 aromatic rings. The van der Waals surface area contributed by atoms with Crippen molar-refractivity contribution < 1.29 is 0 Å². The van der Waals surface area contributed by atoms with Gasteiger partial charge in [0.2, 0.25) is 0 Å². The fourth-order valence-electron chi connectivity index (χ4n) is 2.47. The van der Waals surface area contributed by atoms with Gasteiger partial charge in [0, 0.05) is 12.6 Å². The van der Waals surface area contributed by atoms with Crippen molar-refractivity contribution in [1.29, 1.82) is 5.26 Å². The van der Waals surface area contributed by atoms with E-state index in [1.54, 1.807) is 0 Å². The van der Waals surface area contributed by atoms with Gasteiger partial charge < -0.3 is 10.2 Å². The van der Waals surface area contributed by atoms with Crippen LogP contribution in [0.2, 0.25) is 0 Å². The highest BCUT2D eigenvalue weighted by Gasteiger charge is 2.25. The van der Waals surface area contributed by atoms with E-state index in [0.29, 0.717) is 0 Å². The molecule has 1 aliphatic carbocycles. The van der Waals surface area contributed by atoms with E-state index in [9.17, 15) is 0 Å². The topological polar surface area (TPSA) is 39.1 Å². The van der Waals surface area contributed by atoms with Gasteiger partial charge in [-0.3, -0.25) is 0 Å². The molecule has 1 atom stereocenters. The monoisotopic (exact) mass is 223 g/mol. The lowest BCUT2D eigenvalue weighted by Gasteiger charge is -2.30. The van der Waals surface area contributed by atoms with Crippen LogP contribution in [0, 0.1) is 11.3 Å². The van der Waals surface area contributed by atoms with Gasteiger partial charge >= 0.3 is 0 Å². The number of nitrogens with zero attached hydrogens (tertiary/aromatic N) is 2. The van der Waals surface area contributed by atoms with Crippen LogP contribution in [-0.2, 0) is 0 Å². The molecule has 16 heavy (non-hydrogen) atoms. The van der Waals surface area contributed by atoms with Gasteiger partial charge in [0.1, 0.15) is 5.54 Å². The molecule has 0 aromatic carbocycles. The second-order valence-electron chi connectivity index (χ2n) is 5.01. The molecule has 1 rings (SSSR count). The van der Waals surface area contributed by atoms with Crippen LogP contribution in [0.3, 0.4) is 0 Å². The summed E-state index contributed by atoms with van der Waals surface area (Å²) < 4.78 is 0. The molecule has 1 N–H and O–H groups in total. The van der Waals surface area contributed by atoms with E-state index in [2.05, 4.69) is 23.2 Å². The predicted molar refractivity (Wildman–Crippen MR) is 67.2 cm³/mol. The minimum atomic E-state index is -0.369. The molecule has 0 bridgehead atoms. The first-order valence-electron chi connectivity index (χ1n) is 6.49. The van der Waals surface area contributed by atoms with Gasteiger partial charge in [-0.05, 0) is 39.8 Å². The fourth-order valence-corrected chi connectivity index (χ4v) is 2.47. The minimum Gasteiger partial charge on any atom is -0.303 e. The van der Waals surface area contributed by atoms with Crippen molar-refractivity contribution in [2.45, 2.75) is 57.5 Å². The summed E-state index contributed by atoms with van der Waals surface area (Å²) in [5, 5.41) is 12.2. The third-order valence-electron chi connectivity index (χ3n) is 3.94. The molecule has 1 saturated carbocycles. The number of nitrogens with one attached hydrogen (secondary N) is 1. The Hall–Kier alpha value is -0.590. The second kappa shape index (κ2) is 6.22. The van der Waals surface area contributed by atoms with Crippen molar-refractivity contribution >= 4 is 0 Å². The lowest BCUT2D eigenvalue weighted by molar-refractivity contribution is 0.192. The molecule has 1 unspecified atom stereocenters. The zero-order valence-corrected chi connectivity index (χ0v) is 10.9. The van der Waals surface area contributed by atoms with E-state index >= 15 is 0 Å². The highest BCUT2D eigenvalue weighted by molar-refractivity contribution is 5.03. The molecule has 3 heteroatoms. The van der Waals surface area contributed by atoms with Gasteiger partial charge in [-0.25, -0.2) is 0 Å². The SMILES string of the molecule is CCN(CCC(C)(C#N)NC)C1CCCC1. The maximum absolute atomic E-state index is 9.11. The molecule has 0 saturated heterocycles. The van der Waals surface area contributed by atoms with Crippen molar-refractivity contribution in [1.82, 2.24) is 10.2 Å². The van der Waals surface area contributed by atoms with E-state index in [1.165, 1.54) is 25.7 Å². The molecule has 0 amide bonds. The smallest absolute Gasteiger partial charge is 0.104 e. The van der Waals surface area contributed by atoms with E-state index in [0.717, 1.165) is 25.6 Å². The average Bonchev–Trinajstić information content (AvgIpc) is 2.83. The van der Waals surface area contributed by atoms with E-state index in [-0.39, 0.29) is 5.54 Å². The summed E-state index contributed by atoms with van der Waals surface area (Å²) in [7, 11) is 1.87. The highest BCUT2D eigenvalue weighted by atomic mass is 15.2. The molecule has 0 spiro atoms. The van der Waals surface area contributed by atoms with Crippen molar-refractivity contribution in [3.63, 3.8) is 0 Å². The quantitative estimate of drug-likeness (QED) is 0.750. The van der Waals surface area contributed by atoms with Crippen molar-refractivity contribution in [2.24, 2.45) is 0 Å². The van der Waals surface area contributed by atoms with E-state index in [1.807, 2.05) is 14.0 Å². The van der Waals surface area contributed by atoms with Crippen LogP contribution < -0.4 is 5.32 Å². The Morgan fingerprint density at radius 2 is 2.06 bits per heavy atom. The number of rotatable bonds is 6. The summed E-state index contributed by atoms with van der Waals surface area (Å²) >= 11 is 0. The molecule has 3 nitrogen and oxygen atoms in total. The van der Waals surface area contributed by atoms with Crippen molar-refractivity contribution in [2.75, 3.05) is 20.1 Å². The maximum Gasteiger partial charge on any atom is 0.104 e. The minimum absolute atomic E-state index is 0.369. The molecule has 1 fully saturated rings. The fraction of sp³-hybridized carbons (Fsp3) is 0.923. The van der Waals surface area contributed by atoms with Gasteiger partial charge in [0.05, 0.1) is 6.07 Å². The number of hydrogen-bond acceptors (Lipinski definition) is 3. The molecule has 0 radical (unpaired) electrons. The predicted octanol–water partition coefficient (Wildman–Crippen LogP) is 2.14. The lowest BCUT2D eigenvalue weighted by atomic mass is 9.99. The van der Waals surface area contributed by atoms with Crippen LogP contribution in [0.1, 0.15) is 46.0 Å². The van der Waals surface area contributed by atoms with Crippen LogP contribution >= 0.6 is 0 Å². The van der Waals surface area contributed by atoms with Gasteiger partial charge in [0.15, 0.2) is 0 Å². The summed E-state index contributed by atoms with van der Waals surface area (Å²) in [5.41, 5.74) is -0.369. The molecule has 1 aliphatic rings. The number of hydrogen-bond donors (Lipinski definition) is 1. The number of nitriles is 1. The van der Waals surface area contributed by atoms with Gasteiger partial charge in [0.25, 0.3) is 0 Å². The van der Waals surface area contributed by atoms with E-state index < -0.39 is 0 Å².